The number of hydrogen-bond donors (Lipinski definition) is 4. The molecule has 4 saturated carbocycles. The Kier molecular flexibility index (Phi) is 10.5. The summed E-state index contributed by atoms with van der Waals surface area (Å²) in [7, 11) is 5.30. The molecule has 2 aromatic rings. The van der Waals surface area contributed by atoms with Crippen LogP contribution in [0.4, 0.5) is 0 Å². The van der Waals surface area contributed by atoms with E-state index in [-0.39, 0.29) is 22.2 Å². The average molecular weight is 653 g/mol. The largest absolute Gasteiger partial charge is 0.748 e. The van der Waals surface area contributed by atoms with Crippen LogP contribution >= 0.6 is 18.5 Å². The fourth-order valence-electron chi connectivity index (χ4n) is 9.51. The molecule has 2 aromatic carbocycles. The Bertz CT molecular complexity index is 1040. The molecule has 0 amide bonds. The van der Waals surface area contributed by atoms with Gasteiger partial charge < -0.3 is 51.6 Å². The molecule has 8 heteroatoms. The Balaban J connectivity index is 0.000000510. The normalized spacial score (nSPS) is 36.1. The van der Waals surface area contributed by atoms with E-state index in [4.69, 9.17) is 0 Å². The summed E-state index contributed by atoms with van der Waals surface area (Å²) in [4.78, 5) is 0. The molecule has 2 aliphatic heterocycles. The average Bonchev–Trinajstić information content (AvgIpc) is 3.68. The molecule has 0 spiro atoms. The molecule has 2 heterocycles. The van der Waals surface area contributed by atoms with E-state index in [1.807, 2.05) is 30.3 Å². The van der Waals surface area contributed by atoms with E-state index in [9.17, 15) is 0 Å². The van der Waals surface area contributed by atoms with Crippen molar-refractivity contribution in [3.63, 3.8) is 0 Å². The van der Waals surface area contributed by atoms with Crippen LogP contribution in [-0.4, -0.2) is 65.6 Å². The minimum atomic E-state index is -1.46. The Morgan fingerprint density at radius 2 is 1.32 bits per heavy atom. The molecule has 2 saturated heterocycles. The van der Waals surface area contributed by atoms with Gasteiger partial charge in [-0.3, -0.25) is 0 Å². The van der Waals surface area contributed by atoms with Gasteiger partial charge in [0.2, 0.25) is 0 Å². The third kappa shape index (κ3) is 6.06. The molecular weight excluding hydrogens is 598 g/mol. The zero-order chi connectivity index (χ0) is 28.0. The van der Waals surface area contributed by atoms with E-state index in [0.717, 1.165) is 62.9 Å². The van der Waals surface area contributed by atoms with Gasteiger partial charge in [-0.15, -0.1) is 18.5 Å². The fraction of sp³-hybridized carbons (Fsp3) is 0.697. The Morgan fingerprint density at radius 1 is 0.829 bits per heavy atom. The van der Waals surface area contributed by atoms with Crippen LogP contribution in [0.5, 0.6) is 0 Å². The first kappa shape index (κ1) is 32.5. The molecular formula is C33H54FeN4P2Si-6. The zero-order valence-electron chi connectivity index (χ0n) is 25.5. The monoisotopic (exact) mass is 652 g/mol. The number of piperazine rings is 2. The quantitative estimate of drug-likeness (QED) is 0.216. The fourth-order valence-corrected chi connectivity index (χ4v) is 12.3. The van der Waals surface area contributed by atoms with Crippen molar-refractivity contribution in [1.82, 2.24) is 21.3 Å². The van der Waals surface area contributed by atoms with Crippen molar-refractivity contribution < 1.29 is 17.1 Å². The third-order valence-electron chi connectivity index (χ3n) is 11.4. The maximum atomic E-state index is 3.98. The minimum absolute atomic E-state index is 0. The SMILES string of the molecule is C[Si](C)(C)[c-]1cc(C(P)(C2CNCCN2)C2CNCCN2)c(C2(CP)C3CC4CC(C3)CC2C4)c1.[Fe].[cH-]1[cH-][cH-][cH-][cH-]1. The van der Waals surface area contributed by atoms with Crippen LogP contribution in [0.25, 0.3) is 0 Å². The predicted molar refractivity (Wildman–Crippen MR) is 181 cm³/mol. The standard InChI is InChI=1S/C28H49N4P2Si.C5H5.Fe/c1-35(2,3)22-13-23(27(17-33)20-9-18-8-19(11-20)12-21(27)10-18)24(14-22)28(34,25-15-29-4-6-31-25)26-16-30-5-7-32-26;1-2-4-5-3-1;/h13-14,18-21,25-26,29-32H,4-12,15-17,33-34H2,1-3H3;1-5H;/q-1;-5;. The topological polar surface area (TPSA) is 48.1 Å². The molecule has 234 valence electrons. The second-order valence-electron chi connectivity index (χ2n) is 14.7. The van der Waals surface area contributed by atoms with E-state index in [1.165, 1.54) is 38.3 Å². The van der Waals surface area contributed by atoms with Crippen LogP contribution in [0.1, 0.15) is 43.2 Å². The first-order valence-electron chi connectivity index (χ1n) is 16.1. The maximum absolute atomic E-state index is 3.98. The van der Waals surface area contributed by atoms with Crippen molar-refractivity contribution >= 4 is 31.7 Å². The summed E-state index contributed by atoms with van der Waals surface area (Å²) in [5.41, 5.74) is 3.77. The smallest absolute Gasteiger partial charge is 0.0225 e. The van der Waals surface area contributed by atoms with Crippen molar-refractivity contribution in [2.45, 2.75) is 74.4 Å². The van der Waals surface area contributed by atoms with Gasteiger partial charge in [-0.1, -0.05) is 25.1 Å². The van der Waals surface area contributed by atoms with E-state index in [2.05, 4.69) is 71.5 Å². The molecule has 8 rings (SSSR count). The van der Waals surface area contributed by atoms with Crippen molar-refractivity contribution in [1.29, 1.82) is 0 Å². The van der Waals surface area contributed by atoms with Crippen molar-refractivity contribution in [2.75, 3.05) is 45.4 Å². The molecule has 4 aliphatic carbocycles. The second kappa shape index (κ2) is 13.2. The predicted octanol–water partition coefficient (Wildman–Crippen LogP) is 4.12. The summed E-state index contributed by atoms with van der Waals surface area (Å²) in [6, 6.07) is 16.3. The van der Waals surface area contributed by atoms with Crippen LogP contribution in [-0.2, 0) is 27.6 Å². The summed E-state index contributed by atoms with van der Waals surface area (Å²) < 4.78 is 0. The van der Waals surface area contributed by atoms with Crippen molar-refractivity contribution in [3.05, 3.63) is 53.6 Å². The van der Waals surface area contributed by atoms with Crippen LogP contribution in [0, 0.1) is 23.7 Å². The number of nitrogens with one attached hydrogen (secondary N) is 4. The summed E-state index contributed by atoms with van der Waals surface area (Å²) >= 11 is 0. The van der Waals surface area contributed by atoms with E-state index >= 15 is 0 Å². The summed E-state index contributed by atoms with van der Waals surface area (Å²) in [6.45, 7) is 14.0. The van der Waals surface area contributed by atoms with E-state index in [1.54, 1.807) is 16.3 Å². The third-order valence-corrected chi connectivity index (χ3v) is 15.3. The van der Waals surface area contributed by atoms with Crippen LogP contribution < -0.4 is 26.5 Å². The first-order chi connectivity index (χ1) is 19.3. The molecule has 4 atom stereocenters. The Labute approximate surface area is 266 Å². The Hall–Kier alpha value is 0.136. The van der Waals surface area contributed by atoms with Crippen molar-refractivity contribution in [2.24, 2.45) is 23.7 Å². The van der Waals surface area contributed by atoms with Gasteiger partial charge in [0.25, 0.3) is 0 Å². The number of hydrogen-bond acceptors (Lipinski definition) is 4. The maximum Gasteiger partial charge on any atom is 0.0225 e. The van der Waals surface area contributed by atoms with Gasteiger partial charge in [0, 0.05) is 76.5 Å². The Morgan fingerprint density at radius 3 is 1.71 bits per heavy atom. The van der Waals surface area contributed by atoms with Gasteiger partial charge >= 0.3 is 0 Å². The molecule has 6 aliphatic rings. The zero-order valence-corrected chi connectivity index (χ0v) is 29.9. The molecule has 41 heavy (non-hydrogen) atoms. The van der Waals surface area contributed by atoms with Gasteiger partial charge in [0.15, 0.2) is 0 Å². The van der Waals surface area contributed by atoms with Crippen LogP contribution in [0.15, 0.2) is 42.5 Å². The minimum Gasteiger partial charge on any atom is -0.748 e. The van der Waals surface area contributed by atoms with Crippen LogP contribution in [0.2, 0.25) is 19.6 Å². The number of rotatable bonds is 6. The van der Waals surface area contributed by atoms with Gasteiger partial charge in [-0.05, 0) is 67.1 Å². The van der Waals surface area contributed by atoms with Gasteiger partial charge in [0.05, 0.1) is 0 Å². The van der Waals surface area contributed by atoms with Crippen molar-refractivity contribution in [3.8, 4) is 0 Å². The molecule has 0 radical (unpaired) electrons. The van der Waals surface area contributed by atoms with Gasteiger partial charge in [0.1, 0.15) is 0 Å². The van der Waals surface area contributed by atoms with E-state index < -0.39 is 8.07 Å². The summed E-state index contributed by atoms with van der Waals surface area (Å²) in [5.74, 6) is 3.75. The van der Waals surface area contributed by atoms with Gasteiger partial charge in [-0.2, -0.15) is 28.4 Å². The molecule has 4 bridgehead atoms. The van der Waals surface area contributed by atoms with Gasteiger partial charge in [-0.25, -0.2) is 0 Å². The van der Waals surface area contributed by atoms with E-state index in [0.29, 0.717) is 17.5 Å². The first-order valence-corrected chi connectivity index (χ1v) is 21.0. The summed E-state index contributed by atoms with van der Waals surface area (Å²) in [6.07, 6.45) is 8.67. The summed E-state index contributed by atoms with van der Waals surface area (Å²) in [5, 5.41) is 17.1. The molecule has 6 fully saturated rings. The molecule has 4 nitrogen and oxygen atoms in total. The second-order valence-corrected chi connectivity index (χ2v) is 21.1. The molecule has 4 unspecified atom stereocenters. The molecule has 4 N–H and O–H groups in total. The molecule has 0 aromatic heterocycles. The van der Waals surface area contributed by atoms with Crippen LogP contribution in [0.3, 0.4) is 0 Å².